The van der Waals surface area contributed by atoms with Crippen molar-refractivity contribution < 1.29 is 4.74 Å². The average molecular weight is 250 g/mol. The first kappa shape index (κ1) is 15.0. The van der Waals surface area contributed by atoms with Crippen LogP contribution in [0.3, 0.4) is 0 Å². The molecule has 0 aliphatic heterocycles. The fourth-order valence-corrected chi connectivity index (χ4v) is 2.11. The number of unbranched alkanes of at least 4 members (excludes halogenated alkanes) is 3. The lowest BCUT2D eigenvalue weighted by atomic mass is 10.0. The highest BCUT2D eigenvalue weighted by molar-refractivity contribution is 5.30. The number of hydrazine groups is 1. The van der Waals surface area contributed by atoms with Gasteiger partial charge in [0.05, 0.1) is 6.61 Å². The smallest absolute Gasteiger partial charge is 0.119 e. The number of hydrogen-bond acceptors (Lipinski definition) is 3. The van der Waals surface area contributed by atoms with Crippen LogP contribution in [0.4, 0.5) is 0 Å². The number of rotatable bonds is 9. The normalized spacial score (nSPS) is 12.4. The van der Waals surface area contributed by atoms with Gasteiger partial charge < -0.3 is 4.74 Å². The quantitative estimate of drug-likeness (QED) is 0.400. The summed E-state index contributed by atoms with van der Waals surface area (Å²) in [5.74, 6) is 6.57. The Morgan fingerprint density at radius 1 is 1.22 bits per heavy atom. The monoisotopic (exact) mass is 250 g/mol. The van der Waals surface area contributed by atoms with Crippen molar-refractivity contribution in [2.75, 3.05) is 6.61 Å². The molecule has 0 fully saturated rings. The predicted octanol–water partition coefficient (Wildman–Crippen LogP) is 3.56. The standard InChI is InChI=1S/C15H26N2O/c1-3-5-6-7-11-15(17-16)13-9-8-10-14(12-13)18-4-2/h8-10,12,15,17H,3-7,11,16H2,1-2H3. The van der Waals surface area contributed by atoms with Gasteiger partial charge in [-0.05, 0) is 31.0 Å². The van der Waals surface area contributed by atoms with Gasteiger partial charge in [0.15, 0.2) is 0 Å². The number of ether oxygens (including phenoxy) is 1. The van der Waals surface area contributed by atoms with Crippen molar-refractivity contribution in [1.82, 2.24) is 5.43 Å². The van der Waals surface area contributed by atoms with Crippen LogP contribution in [0.1, 0.15) is 57.6 Å². The van der Waals surface area contributed by atoms with E-state index < -0.39 is 0 Å². The van der Waals surface area contributed by atoms with Gasteiger partial charge in [0.1, 0.15) is 5.75 Å². The maximum absolute atomic E-state index is 5.65. The lowest BCUT2D eigenvalue weighted by Gasteiger charge is -2.17. The largest absolute Gasteiger partial charge is 0.494 e. The van der Waals surface area contributed by atoms with Gasteiger partial charge in [-0.25, -0.2) is 0 Å². The molecule has 3 heteroatoms. The van der Waals surface area contributed by atoms with Gasteiger partial charge in [-0.3, -0.25) is 11.3 Å². The second-order valence-corrected chi connectivity index (χ2v) is 4.57. The fourth-order valence-electron chi connectivity index (χ4n) is 2.11. The van der Waals surface area contributed by atoms with Crippen LogP contribution in [0.5, 0.6) is 5.75 Å². The van der Waals surface area contributed by atoms with E-state index in [-0.39, 0.29) is 6.04 Å². The van der Waals surface area contributed by atoms with E-state index in [1.165, 1.54) is 31.2 Å². The Morgan fingerprint density at radius 2 is 2.06 bits per heavy atom. The van der Waals surface area contributed by atoms with E-state index in [1.807, 2.05) is 19.1 Å². The van der Waals surface area contributed by atoms with Crippen LogP contribution in [-0.4, -0.2) is 6.61 Å². The molecule has 3 N–H and O–H groups in total. The summed E-state index contributed by atoms with van der Waals surface area (Å²) in [6.45, 7) is 4.92. The Kier molecular flexibility index (Phi) is 7.46. The number of nitrogens with two attached hydrogens (primary N) is 1. The Morgan fingerprint density at radius 3 is 2.72 bits per heavy atom. The van der Waals surface area contributed by atoms with Crippen molar-refractivity contribution in [1.29, 1.82) is 0 Å². The summed E-state index contributed by atoms with van der Waals surface area (Å²) in [4.78, 5) is 0. The van der Waals surface area contributed by atoms with Crippen molar-refractivity contribution in [2.24, 2.45) is 5.84 Å². The first-order valence-electron chi connectivity index (χ1n) is 7.00. The summed E-state index contributed by atoms with van der Waals surface area (Å²) in [5.41, 5.74) is 4.12. The van der Waals surface area contributed by atoms with E-state index in [2.05, 4.69) is 24.5 Å². The van der Waals surface area contributed by atoms with Crippen LogP contribution in [0, 0.1) is 0 Å². The van der Waals surface area contributed by atoms with Crippen molar-refractivity contribution in [3.05, 3.63) is 29.8 Å². The highest BCUT2D eigenvalue weighted by atomic mass is 16.5. The number of nitrogens with one attached hydrogen (secondary N) is 1. The molecular weight excluding hydrogens is 224 g/mol. The van der Waals surface area contributed by atoms with Crippen molar-refractivity contribution in [3.8, 4) is 5.75 Å². The minimum atomic E-state index is 0.224. The van der Waals surface area contributed by atoms with Crippen LogP contribution < -0.4 is 16.0 Å². The molecule has 0 radical (unpaired) electrons. The van der Waals surface area contributed by atoms with Crippen LogP contribution in [0.15, 0.2) is 24.3 Å². The van der Waals surface area contributed by atoms with Gasteiger partial charge in [0.2, 0.25) is 0 Å². The minimum absolute atomic E-state index is 0.224. The van der Waals surface area contributed by atoms with Crippen LogP contribution in [0.25, 0.3) is 0 Å². The Balaban J connectivity index is 2.54. The summed E-state index contributed by atoms with van der Waals surface area (Å²) in [7, 11) is 0. The second kappa shape index (κ2) is 8.95. The topological polar surface area (TPSA) is 47.3 Å². The molecular formula is C15H26N2O. The highest BCUT2D eigenvalue weighted by Crippen LogP contribution is 2.23. The Bertz CT molecular complexity index is 328. The zero-order valence-electron chi connectivity index (χ0n) is 11.6. The van der Waals surface area contributed by atoms with E-state index in [0.717, 1.165) is 12.2 Å². The molecule has 0 saturated heterocycles. The SMILES string of the molecule is CCCCCCC(NN)c1cccc(OCC)c1. The Labute approximate surface area is 111 Å². The molecule has 0 aromatic heterocycles. The van der Waals surface area contributed by atoms with Gasteiger partial charge in [-0.15, -0.1) is 0 Å². The fraction of sp³-hybridized carbons (Fsp3) is 0.600. The molecule has 1 unspecified atom stereocenters. The molecule has 1 rings (SSSR count). The molecule has 0 saturated carbocycles. The Hall–Kier alpha value is -1.06. The van der Waals surface area contributed by atoms with Crippen molar-refractivity contribution in [3.63, 3.8) is 0 Å². The average Bonchev–Trinajstić information content (AvgIpc) is 2.40. The third-order valence-corrected chi connectivity index (χ3v) is 3.12. The van der Waals surface area contributed by atoms with E-state index in [0.29, 0.717) is 6.61 Å². The molecule has 0 bridgehead atoms. The lowest BCUT2D eigenvalue weighted by Crippen LogP contribution is -2.28. The summed E-state index contributed by atoms with van der Waals surface area (Å²) in [6, 6.07) is 8.41. The van der Waals surface area contributed by atoms with Gasteiger partial charge in [0, 0.05) is 6.04 Å². The van der Waals surface area contributed by atoms with Gasteiger partial charge in [-0.2, -0.15) is 0 Å². The van der Waals surface area contributed by atoms with E-state index in [9.17, 15) is 0 Å². The highest BCUT2D eigenvalue weighted by Gasteiger charge is 2.09. The number of hydrogen-bond donors (Lipinski definition) is 2. The summed E-state index contributed by atoms with van der Waals surface area (Å²) < 4.78 is 5.52. The van der Waals surface area contributed by atoms with Crippen molar-refractivity contribution in [2.45, 2.75) is 52.0 Å². The first-order valence-corrected chi connectivity index (χ1v) is 7.00. The third-order valence-electron chi connectivity index (χ3n) is 3.12. The maximum atomic E-state index is 5.65. The zero-order valence-corrected chi connectivity index (χ0v) is 11.6. The van der Waals surface area contributed by atoms with Gasteiger partial charge in [0.25, 0.3) is 0 Å². The molecule has 1 aromatic rings. The summed E-state index contributed by atoms with van der Waals surface area (Å²) >= 11 is 0. The van der Waals surface area contributed by atoms with Gasteiger partial charge >= 0.3 is 0 Å². The maximum Gasteiger partial charge on any atom is 0.119 e. The zero-order chi connectivity index (χ0) is 13.2. The third kappa shape index (κ3) is 5.07. The minimum Gasteiger partial charge on any atom is -0.494 e. The molecule has 0 aliphatic rings. The summed E-state index contributed by atoms with van der Waals surface area (Å²) in [6.07, 6.45) is 6.13. The van der Waals surface area contributed by atoms with Crippen LogP contribution in [0.2, 0.25) is 0 Å². The molecule has 0 heterocycles. The molecule has 102 valence electrons. The summed E-state index contributed by atoms with van der Waals surface area (Å²) in [5, 5.41) is 0. The molecule has 0 spiro atoms. The molecule has 3 nitrogen and oxygen atoms in total. The molecule has 1 atom stereocenters. The van der Waals surface area contributed by atoms with Gasteiger partial charge in [-0.1, -0.05) is 44.7 Å². The van der Waals surface area contributed by atoms with E-state index in [4.69, 9.17) is 10.6 Å². The van der Waals surface area contributed by atoms with Crippen molar-refractivity contribution >= 4 is 0 Å². The molecule has 0 amide bonds. The van der Waals surface area contributed by atoms with E-state index >= 15 is 0 Å². The van der Waals surface area contributed by atoms with E-state index in [1.54, 1.807) is 0 Å². The lowest BCUT2D eigenvalue weighted by molar-refractivity contribution is 0.339. The van der Waals surface area contributed by atoms with Crippen LogP contribution in [-0.2, 0) is 0 Å². The second-order valence-electron chi connectivity index (χ2n) is 4.57. The predicted molar refractivity (Wildman–Crippen MR) is 76.4 cm³/mol. The first-order chi connectivity index (χ1) is 8.81. The molecule has 0 aliphatic carbocycles. The number of benzene rings is 1. The molecule has 1 aromatic carbocycles. The van der Waals surface area contributed by atoms with Crippen LogP contribution >= 0.6 is 0 Å². The molecule has 18 heavy (non-hydrogen) atoms.